The number of halogens is 1. The van der Waals surface area contributed by atoms with Gasteiger partial charge in [-0.1, -0.05) is 12.1 Å². The Morgan fingerprint density at radius 1 is 1.56 bits per heavy atom. The van der Waals surface area contributed by atoms with Crippen molar-refractivity contribution in [1.82, 2.24) is 0 Å². The van der Waals surface area contributed by atoms with Crippen molar-refractivity contribution in [1.29, 1.82) is 0 Å². The number of aliphatic carboxylic acids is 1. The fraction of sp³-hybridized carbons (Fsp3) is 0.417. The average Bonchev–Trinajstić information content (AvgIpc) is 2.21. The largest absolute Gasteiger partial charge is 0.481 e. The molecule has 1 unspecified atom stereocenters. The van der Waals surface area contributed by atoms with Gasteiger partial charge >= 0.3 is 5.97 Å². The number of carbonyl (C=O) groups is 1. The molecule has 0 fully saturated rings. The van der Waals surface area contributed by atoms with E-state index in [9.17, 15) is 9.18 Å². The molecule has 4 heteroatoms. The number of benzene rings is 1. The molecule has 0 bridgehead atoms. The molecule has 0 aromatic heterocycles. The molecule has 1 aromatic carbocycles. The van der Waals surface area contributed by atoms with Crippen LogP contribution in [0, 0.1) is 12.7 Å². The molecule has 0 aliphatic carbocycles. The minimum atomic E-state index is -0.856. The number of nitrogens with two attached hydrogens (primary N) is 1. The van der Waals surface area contributed by atoms with E-state index in [1.54, 1.807) is 13.0 Å². The summed E-state index contributed by atoms with van der Waals surface area (Å²) >= 11 is 0. The minimum absolute atomic E-state index is 0.0511. The number of hydrogen-bond acceptors (Lipinski definition) is 2. The molecule has 3 nitrogen and oxygen atoms in total. The van der Waals surface area contributed by atoms with E-state index in [4.69, 9.17) is 10.8 Å². The Hall–Kier alpha value is -1.42. The van der Waals surface area contributed by atoms with Gasteiger partial charge in [0.2, 0.25) is 0 Å². The van der Waals surface area contributed by atoms with E-state index in [1.165, 1.54) is 6.07 Å². The molecule has 0 aliphatic heterocycles. The van der Waals surface area contributed by atoms with Gasteiger partial charge in [-0.15, -0.1) is 0 Å². The third-order valence-corrected chi connectivity index (χ3v) is 2.46. The maximum atomic E-state index is 13.2. The van der Waals surface area contributed by atoms with Crippen LogP contribution in [0.5, 0.6) is 0 Å². The topological polar surface area (TPSA) is 63.3 Å². The molecule has 0 heterocycles. The lowest BCUT2D eigenvalue weighted by Gasteiger charge is -2.10. The molecule has 1 aromatic rings. The second kappa shape index (κ2) is 5.61. The number of carboxylic acids is 1. The lowest BCUT2D eigenvalue weighted by molar-refractivity contribution is -0.137. The maximum absolute atomic E-state index is 13.2. The van der Waals surface area contributed by atoms with Crippen molar-refractivity contribution < 1.29 is 14.3 Å². The zero-order chi connectivity index (χ0) is 12.1. The van der Waals surface area contributed by atoms with Gasteiger partial charge in [0, 0.05) is 12.5 Å². The van der Waals surface area contributed by atoms with Crippen molar-refractivity contribution in [2.45, 2.75) is 32.2 Å². The predicted octanol–water partition coefficient (Wildman–Crippen LogP) is 1.87. The minimum Gasteiger partial charge on any atom is -0.481 e. The normalized spacial score (nSPS) is 12.4. The standard InChI is InChI=1S/C12H16FNO2/c1-8-2-3-9(7-11(8)13)6-10(14)4-5-12(15)16/h2-3,7,10H,4-6,14H2,1H3,(H,15,16). The van der Waals surface area contributed by atoms with Gasteiger partial charge in [0.15, 0.2) is 0 Å². The second-order valence-corrected chi connectivity index (χ2v) is 3.98. The molecule has 0 spiro atoms. The van der Waals surface area contributed by atoms with E-state index in [-0.39, 0.29) is 18.3 Å². The highest BCUT2D eigenvalue weighted by molar-refractivity contribution is 5.66. The fourth-order valence-electron chi connectivity index (χ4n) is 1.48. The van der Waals surface area contributed by atoms with E-state index in [1.807, 2.05) is 6.07 Å². The first kappa shape index (κ1) is 12.6. The third kappa shape index (κ3) is 3.98. The molecule has 1 rings (SSSR count). The van der Waals surface area contributed by atoms with Crippen molar-refractivity contribution >= 4 is 5.97 Å². The third-order valence-electron chi connectivity index (χ3n) is 2.46. The summed E-state index contributed by atoms with van der Waals surface area (Å²) in [5.74, 6) is -1.10. The smallest absolute Gasteiger partial charge is 0.303 e. The number of carboxylic acid groups (broad SMARTS) is 1. The summed E-state index contributed by atoms with van der Waals surface area (Å²) in [7, 11) is 0. The van der Waals surface area contributed by atoms with Crippen LogP contribution in [0.1, 0.15) is 24.0 Å². The first-order valence-electron chi connectivity index (χ1n) is 5.21. The summed E-state index contributed by atoms with van der Waals surface area (Å²) in [4.78, 5) is 10.3. The van der Waals surface area contributed by atoms with Gasteiger partial charge in [-0.3, -0.25) is 4.79 Å². The molecule has 0 aliphatic rings. The van der Waals surface area contributed by atoms with Crippen LogP contribution in [0.25, 0.3) is 0 Å². The summed E-state index contributed by atoms with van der Waals surface area (Å²) in [5.41, 5.74) is 7.16. The highest BCUT2D eigenvalue weighted by Crippen LogP contribution is 2.11. The van der Waals surface area contributed by atoms with Crippen molar-refractivity contribution in [2.24, 2.45) is 5.73 Å². The summed E-state index contributed by atoms with van der Waals surface area (Å²) in [6.07, 6.45) is 0.963. The van der Waals surface area contributed by atoms with Gasteiger partial charge in [-0.25, -0.2) is 4.39 Å². The van der Waals surface area contributed by atoms with Crippen LogP contribution in [-0.2, 0) is 11.2 Å². The van der Waals surface area contributed by atoms with Crippen LogP contribution < -0.4 is 5.73 Å². The quantitative estimate of drug-likeness (QED) is 0.804. The fourth-order valence-corrected chi connectivity index (χ4v) is 1.48. The lowest BCUT2D eigenvalue weighted by atomic mass is 10.0. The van der Waals surface area contributed by atoms with Crippen LogP contribution in [0.2, 0.25) is 0 Å². The van der Waals surface area contributed by atoms with Crippen LogP contribution in [0.3, 0.4) is 0 Å². The lowest BCUT2D eigenvalue weighted by Crippen LogP contribution is -2.23. The monoisotopic (exact) mass is 225 g/mol. The Balaban J connectivity index is 2.52. The molecule has 0 amide bonds. The Bertz CT molecular complexity index is 379. The number of hydrogen-bond donors (Lipinski definition) is 2. The first-order chi connectivity index (χ1) is 7.49. The van der Waals surface area contributed by atoms with E-state index in [0.717, 1.165) is 5.56 Å². The Kier molecular flexibility index (Phi) is 4.43. The van der Waals surface area contributed by atoms with Gasteiger partial charge in [0.25, 0.3) is 0 Å². The van der Waals surface area contributed by atoms with Gasteiger partial charge in [0.05, 0.1) is 0 Å². The zero-order valence-corrected chi connectivity index (χ0v) is 9.24. The van der Waals surface area contributed by atoms with E-state index < -0.39 is 5.97 Å². The zero-order valence-electron chi connectivity index (χ0n) is 9.24. The van der Waals surface area contributed by atoms with Crippen molar-refractivity contribution in [3.05, 3.63) is 35.1 Å². The highest BCUT2D eigenvalue weighted by atomic mass is 19.1. The van der Waals surface area contributed by atoms with E-state index in [0.29, 0.717) is 18.4 Å². The summed E-state index contributed by atoms with van der Waals surface area (Å²) in [5, 5.41) is 8.49. The van der Waals surface area contributed by atoms with Gasteiger partial charge in [-0.05, 0) is 37.0 Å². The molecule has 0 saturated carbocycles. The average molecular weight is 225 g/mol. The van der Waals surface area contributed by atoms with Crippen molar-refractivity contribution in [3.8, 4) is 0 Å². The summed E-state index contributed by atoms with van der Waals surface area (Å²) in [6.45, 7) is 1.70. The highest BCUT2D eigenvalue weighted by Gasteiger charge is 2.08. The predicted molar refractivity (Wildman–Crippen MR) is 59.7 cm³/mol. The molecule has 3 N–H and O–H groups in total. The Labute approximate surface area is 94.1 Å². The van der Waals surface area contributed by atoms with Crippen LogP contribution in [-0.4, -0.2) is 17.1 Å². The van der Waals surface area contributed by atoms with Crippen LogP contribution in [0.4, 0.5) is 4.39 Å². The molecule has 16 heavy (non-hydrogen) atoms. The first-order valence-corrected chi connectivity index (χ1v) is 5.21. The molecule has 0 saturated heterocycles. The van der Waals surface area contributed by atoms with Crippen LogP contribution in [0.15, 0.2) is 18.2 Å². The summed E-state index contributed by atoms with van der Waals surface area (Å²) < 4.78 is 13.2. The Morgan fingerprint density at radius 2 is 2.25 bits per heavy atom. The maximum Gasteiger partial charge on any atom is 0.303 e. The Morgan fingerprint density at radius 3 is 2.81 bits per heavy atom. The number of rotatable bonds is 5. The van der Waals surface area contributed by atoms with E-state index >= 15 is 0 Å². The summed E-state index contributed by atoms with van der Waals surface area (Å²) in [6, 6.07) is 4.74. The molecular weight excluding hydrogens is 209 g/mol. The van der Waals surface area contributed by atoms with Crippen molar-refractivity contribution in [3.63, 3.8) is 0 Å². The molecule has 88 valence electrons. The molecule has 1 atom stereocenters. The second-order valence-electron chi connectivity index (χ2n) is 3.98. The number of aryl methyl sites for hydroxylation is 1. The van der Waals surface area contributed by atoms with E-state index in [2.05, 4.69) is 0 Å². The van der Waals surface area contributed by atoms with Crippen LogP contribution >= 0.6 is 0 Å². The van der Waals surface area contributed by atoms with Gasteiger partial charge in [0.1, 0.15) is 5.82 Å². The molecular formula is C12H16FNO2. The van der Waals surface area contributed by atoms with Gasteiger partial charge in [-0.2, -0.15) is 0 Å². The van der Waals surface area contributed by atoms with Crippen molar-refractivity contribution in [2.75, 3.05) is 0 Å². The van der Waals surface area contributed by atoms with Gasteiger partial charge < -0.3 is 10.8 Å². The molecule has 0 radical (unpaired) electrons. The SMILES string of the molecule is Cc1ccc(CC(N)CCC(=O)O)cc1F.